The van der Waals surface area contributed by atoms with E-state index in [0.717, 1.165) is 0 Å². The Hall–Kier alpha value is -4.40. The number of rotatable bonds is 6. The molecule has 4 aromatic rings. The molecule has 0 atom stereocenters. The topological polar surface area (TPSA) is 115 Å². The number of nitrogens with zero attached hydrogens (tertiary/aromatic N) is 5. The van der Waals surface area contributed by atoms with Gasteiger partial charge in [-0.3, -0.25) is 14.6 Å². The lowest BCUT2D eigenvalue weighted by Crippen LogP contribution is -2.16. The minimum Gasteiger partial charge on any atom is -0.322 e. The molecule has 2 N–H and O–H groups in total. The zero-order chi connectivity index (χ0) is 22.5. The molecule has 0 aliphatic rings. The molecule has 9 nitrogen and oxygen atoms in total. The summed E-state index contributed by atoms with van der Waals surface area (Å²) in [5.41, 5.74) is 1.92. The largest absolute Gasteiger partial charge is 0.322 e. The molecular weight excluding hydrogens is 406 g/mol. The van der Waals surface area contributed by atoms with Gasteiger partial charge in [0.2, 0.25) is 0 Å². The fraction of sp³-hybridized carbons (Fsp3) is 0.130. The maximum atomic E-state index is 12.8. The second kappa shape index (κ2) is 9.17. The zero-order valence-corrected chi connectivity index (χ0v) is 17.6. The van der Waals surface area contributed by atoms with Gasteiger partial charge in [-0.15, -0.1) is 10.2 Å². The third-order valence-electron chi connectivity index (χ3n) is 4.67. The lowest BCUT2D eigenvalue weighted by atomic mass is 10.1. The smallest absolute Gasteiger partial charge is 0.256 e. The van der Waals surface area contributed by atoms with E-state index in [9.17, 15) is 9.59 Å². The van der Waals surface area contributed by atoms with Crippen LogP contribution in [0, 0.1) is 0 Å². The Morgan fingerprint density at radius 2 is 1.59 bits per heavy atom. The Kier molecular flexibility index (Phi) is 5.98. The summed E-state index contributed by atoms with van der Waals surface area (Å²) in [7, 11) is 0. The highest BCUT2D eigenvalue weighted by Gasteiger charge is 2.14. The standard InChI is InChI=1S/C23H21N7O2/c1-15(2)30-14-25-29-21(30)19-7-4-8-20(27-19)28-23(32)17-6-3-5-16(13-17)22(31)26-18-9-11-24-12-10-18/h3-15H,1-2H3,(H,24,26,31)(H,27,28,32). The van der Waals surface area contributed by atoms with Crippen LogP contribution < -0.4 is 10.6 Å². The van der Waals surface area contributed by atoms with E-state index in [1.54, 1.807) is 61.2 Å². The maximum Gasteiger partial charge on any atom is 0.256 e. The van der Waals surface area contributed by atoms with Gasteiger partial charge >= 0.3 is 0 Å². The Morgan fingerprint density at radius 3 is 2.31 bits per heavy atom. The van der Waals surface area contributed by atoms with E-state index in [0.29, 0.717) is 34.2 Å². The number of nitrogens with one attached hydrogen (secondary N) is 2. The summed E-state index contributed by atoms with van der Waals surface area (Å²) in [5.74, 6) is 0.292. The van der Waals surface area contributed by atoms with E-state index in [2.05, 4.69) is 30.8 Å². The molecule has 0 saturated carbocycles. The van der Waals surface area contributed by atoms with Crippen LogP contribution in [0.4, 0.5) is 11.5 Å². The Labute approximate surface area is 184 Å². The van der Waals surface area contributed by atoms with Gasteiger partial charge in [-0.05, 0) is 56.3 Å². The molecule has 1 aromatic carbocycles. The van der Waals surface area contributed by atoms with E-state index in [-0.39, 0.29) is 17.9 Å². The number of amides is 2. The van der Waals surface area contributed by atoms with Crippen LogP contribution in [-0.2, 0) is 0 Å². The van der Waals surface area contributed by atoms with Crippen molar-refractivity contribution in [1.29, 1.82) is 0 Å². The third kappa shape index (κ3) is 4.67. The van der Waals surface area contributed by atoms with Crippen LogP contribution in [0.5, 0.6) is 0 Å². The van der Waals surface area contributed by atoms with Crippen molar-refractivity contribution in [2.24, 2.45) is 0 Å². The molecule has 0 spiro atoms. The van der Waals surface area contributed by atoms with Crippen molar-refractivity contribution in [1.82, 2.24) is 24.7 Å². The van der Waals surface area contributed by atoms with Gasteiger partial charge in [0.05, 0.1) is 0 Å². The number of benzene rings is 1. The highest BCUT2D eigenvalue weighted by Crippen LogP contribution is 2.20. The van der Waals surface area contributed by atoms with Crippen molar-refractivity contribution < 1.29 is 9.59 Å². The van der Waals surface area contributed by atoms with Crippen molar-refractivity contribution >= 4 is 23.3 Å². The molecule has 0 bridgehead atoms. The lowest BCUT2D eigenvalue weighted by Gasteiger charge is -2.11. The summed E-state index contributed by atoms with van der Waals surface area (Å²) < 4.78 is 1.90. The second-order valence-electron chi connectivity index (χ2n) is 7.29. The average molecular weight is 427 g/mol. The van der Waals surface area contributed by atoms with Gasteiger partial charge in [-0.2, -0.15) is 0 Å². The first-order valence-corrected chi connectivity index (χ1v) is 10.0. The molecule has 0 fully saturated rings. The normalized spacial score (nSPS) is 10.7. The van der Waals surface area contributed by atoms with Crippen molar-refractivity contribution in [3.05, 3.63) is 84.4 Å². The summed E-state index contributed by atoms with van der Waals surface area (Å²) >= 11 is 0. The van der Waals surface area contributed by atoms with Crippen LogP contribution in [0.25, 0.3) is 11.5 Å². The lowest BCUT2D eigenvalue weighted by molar-refractivity contribution is 0.102. The number of pyridine rings is 2. The van der Waals surface area contributed by atoms with Crippen LogP contribution in [0.15, 0.2) is 73.3 Å². The van der Waals surface area contributed by atoms with E-state index in [1.165, 1.54) is 6.07 Å². The van der Waals surface area contributed by atoms with Crippen molar-refractivity contribution in [2.45, 2.75) is 19.9 Å². The van der Waals surface area contributed by atoms with E-state index >= 15 is 0 Å². The minimum absolute atomic E-state index is 0.168. The summed E-state index contributed by atoms with van der Waals surface area (Å²) in [6, 6.07) is 15.3. The maximum absolute atomic E-state index is 12.8. The number of hydrogen-bond acceptors (Lipinski definition) is 6. The van der Waals surface area contributed by atoms with E-state index in [4.69, 9.17) is 0 Å². The quantitative estimate of drug-likeness (QED) is 0.483. The highest BCUT2D eigenvalue weighted by atomic mass is 16.2. The van der Waals surface area contributed by atoms with Gasteiger partial charge in [-0.1, -0.05) is 12.1 Å². The van der Waals surface area contributed by atoms with Crippen molar-refractivity contribution in [2.75, 3.05) is 10.6 Å². The fourth-order valence-electron chi connectivity index (χ4n) is 3.06. The average Bonchev–Trinajstić information content (AvgIpc) is 3.30. The molecule has 32 heavy (non-hydrogen) atoms. The Balaban J connectivity index is 1.50. The number of carbonyl (C=O) groups is 2. The predicted octanol–water partition coefficient (Wildman–Crippen LogP) is 3.82. The molecule has 9 heteroatoms. The van der Waals surface area contributed by atoms with Gasteiger partial charge in [0.15, 0.2) is 5.82 Å². The number of carbonyl (C=O) groups excluding carboxylic acids is 2. The molecule has 160 valence electrons. The van der Waals surface area contributed by atoms with Gasteiger partial charge in [-0.25, -0.2) is 4.98 Å². The summed E-state index contributed by atoms with van der Waals surface area (Å²) in [4.78, 5) is 33.7. The number of anilines is 2. The van der Waals surface area contributed by atoms with Crippen LogP contribution >= 0.6 is 0 Å². The highest BCUT2D eigenvalue weighted by molar-refractivity contribution is 6.08. The fourth-order valence-corrected chi connectivity index (χ4v) is 3.06. The molecule has 0 radical (unpaired) electrons. The van der Waals surface area contributed by atoms with Gasteiger partial charge in [0.1, 0.15) is 17.8 Å². The molecule has 0 unspecified atom stereocenters. The number of aromatic nitrogens is 5. The van der Waals surface area contributed by atoms with E-state index < -0.39 is 0 Å². The number of hydrogen-bond donors (Lipinski definition) is 2. The first-order chi connectivity index (χ1) is 15.5. The van der Waals surface area contributed by atoms with Crippen molar-refractivity contribution in [3.8, 4) is 11.5 Å². The van der Waals surface area contributed by atoms with Crippen molar-refractivity contribution in [3.63, 3.8) is 0 Å². The molecule has 3 heterocycles. The first kappa shape index (κ1) is 20.9. The predicted molar refractivity (Wildman–Crippen MR) is 120 cm³/mol. The SMILES string of the molecule is CC(C)n1cnnc1-c1cccc(NC(=O)c2cccc(C(=O)Nc3ccncc3)c2)n1. The first-order valence-electron chi connectivity index (χ1n) is 10.0. The van der Waals surface area contributed by atoms with Crippen LogP contribution in [-0.4, -0.2) is 36.5 Å². The molecule has 2 amide bonds. The minimum atomic E-state index is -0.376. The van der Waals surface area contributed by atoms with Crippen LogP contribution in [0.2, 0.25) is 0 Å². The summed E-state index contributed by atoms with van der Waals surface area (Å²) in [5, 5.41) is 13.7. The Bertz CT molecular complexity index is 1250. The molecule has 0 aliphatic heterocycles. The van der Waals surface area contributed by atoms with Gasteiger partial charge in [0, 0.05) is 35.2 Å². The van der Waals surface area contributed by atoms with Gasteiger partial charge in [0.25, 0.3) is 11.8 Å². The summed E-state index contributed by atoms with van der Waals surface area (Å²) in [6.45, 7) is 4.05. The van der Waals surface area contributed by atoms with E-state index in [1.807, 2.05) is 24.5 Å². The van der Waals surface area contributed by atoms with Crippen LogP contribution in [0.3, 0.4) is 0 Å². The van der Waals surface area contributed by atoms with Crippen LogP contribution in [0.1, 0.15) is 40.6 Å². The molecule has 3 aromatic heterocycles. The van der Waals surface area contributed by atoms with Gasteiger partial charge < -0.3 is 15.2 Å². The molecule has 4 rings (SSSR count). The monoisotopic (exact) mass is 427 g/mol. The molecular formula is C23H21N7O2. The third-order valence-corrected chi connectivity index (χ3v) is 4.67. The summed E-state index contributed by atoms with van der Waals surface area (Å²) in [6.07, 6.45) is 4.82. The molecule has 0 saturated heterocycles. The Morgan fingerprint density at radius 1 is 0.906 bits per heavy atom. The second-order valence-corrected chi connectivity index (χ2v) is 7.29. The molecule has 0 aliphatic carbocycles. The zero-order valence-electron chi connectivity index (χ0n) is 17.6.